The summed E-state index contributed by atoms with van der Waals surface area (Å²) in [5.74, 6) is -0.700. The summed E-state index contributed by atoms with van der Waals surface area (Å²) in [5.41, 5.74) is 3.03. The second-order valence-electron chi connectivity index (χ2n) is 8.43. The van der Waals surface area contributed by atoms with Crippen LogP contribution in [0.2, 0.25) is 0 Å². The van der Waals surface area contributed by atoms with Crippen LogP contribution in [0.25, 0.3) is 33.7 Å². The molecule has 0 aromatic heterocycles. The maximum Gasteiger partial charge on any atom is 0.337 e. The summed E-state index contributed by atoms with van der Waals surface area (Å²) in [6.07, 6.45) is 4.31. The van der Waals surface area contributed by atoms with Crippen molar-refractivity contribution in [2.45, 2.75) is 0 Å². The van der Waals surface area contributed by atoms with Crippen LogP contribution >= 0.6 is 0 Å². The van der Waals surface area contributed by atoms with Gasteiger partial charge in [-0.25, -0.2) is 9.59 Å². The number of fused-ring (bicyclic) bond motifs is 2. The van der Waals surface area contributed by atoms with E-state index in [1.54, 1.807) is 24.3 Å². The van der Waals surface area contributed by atoms with Gasteiger partial charge in [-0.2, -0.15) is 0 Å². The molecule has 0 saturated carbocycles. The molecule has 0 spiro atoms. The maximum absolute atomic E-state index is 11.8. The molecule has 0 bridgehead atoms. The Morgan fingerprint density at radius 3 is 1.08 bits per heavy atom. The summed E-state index contributed by atoms with van der Waals surface area (Å²) >= 11 is 0. The monoisotopic (exact) mass is 472 g/mol. The highest BCUT2D eigenvalue weighted by Gasteiger charge is 2.08. The van der Waals surface area contributed by atoms with Gasteiger partial charge in [0.25, 0.3) is 0 Å². The zero-order valence-corrected chi connectivity index (χ0v) is 20.0. The van der Waals surface area contributed by atoms with Crippen molar-refractivity contribution in [1.29, 1.82) is 0 Å². The Bertz CT molecular complexity index is 1520. The fourth-order valence-electron chi connectivity index (χ4n) is 4.51. The lowest BCUT2D eigenvalue weighted by molar-refractivity contribution is 0.0592. The van der Waals surface area contributed by atoms with E-state index in [4.69, 9.17) is 9.47 Å². The van der Waals surface area contributed by atoms with E-state index in [-0.39, 0.29) is 11.9 Å². The van der Waals surface area contributed by atoms with Crippen molar-refractivity contribution in [2.75, 3.05) is 14.2 Å². The topological polar surface area (TPSA) is 52.6 Å². The number of carbonyl (C=O) groups excluding carboxylic acids is 2. The minimum atomic E-state index is -0.350. The molecule has 36 heavy (non-hydrogen) atoms. The highest BCUT2D eigenvalue weighted by Crippen LogP contribution is 2.16. The normalized spacial score (nSPS) is 10.7. The first kappa shape index (κ1) is 23.1. The summed E-state index contributed by atoms with van der Waals surface area (Å²) in [6, 6.07) is 31.6. The number of hydrogen-bond acceptors (Lipinski definition) is 4. The standard InChI is InChI=1S/C32H24O4/c1-35-31(33)23-15-11-21(12-16-23)19-29-25-7-3-5-9-27(25)30(28-10-6-4-8-26(28)29)20-22-13-17-24(18-14-22)32(34)36-2/h3-20H,1-2H3. The van der Waals surface area contributed by atoms with Gasteiger partial charge in [-0.15, -0.1) is 0 Å². The van der Waals surface area contributed by atoms with Crippen molar-refractivity contribution in [1.82, 2.24) is 0 Å². The maximum atomic E-state index is 11.8. The van der Waals surface area contributed by atoms with Crippen LogP contribution in [0.15, 0.2) is 97.1 Å². The average molecular weight is 473 g/mol. The van der Waals surface area contributed by atoms with Crippen LogP contribution in [0.4, 0.5) is 0 Å². The Labute approximate surface area is 208 Å². The first-order valence-electron chi connectivity index (χ1n) is 11.6. The summed E-state index contributed by atoms with van der Waals surface area (Å²) in [4.78, 5) is 23.7. The molecule has 0 atom stereocenters. The van der Waals surface area contributed by atoms with Crippen molar-refractivity contribution in [3.63, 3.8) is 0 Å². The molecule has 4 nitrogen and oxygen atoms in total. The van der Waals surface area contributed by atoms with Gasteiger partial charge in [-0.1, -0.05) is 72.8 Å². The molecule has 4 heteroatoms. The molecule has 0 aliphatic rings. The lowest BCUT2D eigenvalue weighted by Gasteiger charge is -2.09. The zero-order chi connectivity index (χ0) is 25.1. The largest absolute Gasteiger partial charge is 0.465 e. The average Bonchev–Trinajstić information content (AvgIpc) is 2.94. The van der Waals surface area contributed by atoms with E-state index in [9.17, 15) is 9.59 Å². The quantitative estimate of drug-likeness (QED) is 0.266. The molecule has 0 unspecified atom stereocenters. The second-order valence-corrected chi connectivity index (χ2v) is 8.43. The number of esters is 2. The predicted molar refractivity (Wildman–Crippen MR) is 143 cm³/mol. The van der Waals surface area contributed by atoms with Crippen molar-refractivity contribution in [2.24, 2.45) is 0 Å². The van der Waals surface area contributed by atoms with Gasteiger partial charge >= 0.3 is 11.9 Å². The molecule has 0 aliphatic heterocycles. The third-order valence-electron chi connectivity index (χ3n) is 6.30. The first-order chi connectivity index (χ1) is 17.6. The zero-order valence-electron chi connectivity index (χ0n) is 20.0. The van der Waals surface area contributed by atoms with Gasteiger partial charge in [0.1, 0.15) is 0 Å². The SMILES string of the molecule is COC(=O)c1ccc(C=c2c3ccccc3c(=Cc3ccc(C(=O)OC)cc3)c3ccccc23)cc1. The lowest BCUT2D eigenvalue weighted by atomic mass is 9.95. The molecule has 0 N–H and O–H groups in total. The fraction of sp³-hybridized carbons (Fsp3) is 0.0625. The first-order valence-corrected chi connectivity index (χ1v) is 11.6. The molecule has 5 aromatic rings. The second kappa shape index (κ2) is 9.88. The number of carbonyl (C=O) groups is 2. The van der Waals surface area contributed by atoms with Crippen LogP contribution in [-0.4, -0.2) is 26.2 Å². The van der Waals surface area contributed by atoms with E-state index in [0.29, 0.717) is 11.1 Å². The van der Waals surface area contributed by atoms with Crippen LogP contribution in [0, 0.1) is 0 Å². The van der Waals surface area contributed by atoms with E-state index >= 15 is 0 Å². The van der Waals surface area contributed by atoms with E-state index < -0.39 is 0 Å². The van der Waals surface area contributed by atoms with Crippen LogP contribution in [0.5, 0.6) is 0 Å². The molecule has 176 valence electrons. The number of ether oxygens (including phenoxy) is 2. The number of benzene rings is 5. The minimum Gasteiger partial charge on any atom is -0.465 e. The van der Waals surface area contributed by atoms with Gasteiger partial charge in [0, 0.05) is 0 Å². The Morgan fingerprint density at radius 1 is 0.500 bits per heavy atom. The van der Waals surface area contributed by atoms with Crippen LogP contribution in [-0.2, 0) is 9.47 Å². The Kier molecular flexibility index (Phi) is 6.33. The van der Waals surface area contributed by atoms with Gasteiger partial charge in [0.2, 0.25) is 0 Å². The van der Waals surface area contributed by atoms with Gasteiger partial charge in [0.15, 0.2) is 0 Å². The van der Waals surface area contributed by atoms with E-state index in [2.05, 4.69) is 36.4 Å². The van der Waals surface area contributed by atoms with Crippen molar-refractivity contribution >= 4 is 45.6 Å². The summed E-state index contributed by atoms with van der Waals surface area (Å²) in [7, 11) is 2.76. The van der Waals surface area contributed by atoms with Crippen molar-refractivity contribution in [3.05, 3.63) is 130 Å². The molecular formula is C32H24O4. The molecule has 0 fully saturated rings. The fourth-order valence-corrected chi connectivity index (χ4v) is 4.51. The third kappa shape index (κ3) is 4.37. The van der Waals surface area contributed by atoms with Gasteiger partial charge in [-0.05, 0) is 79.5 Å². The smallest absolute Gasteiger partial charge is 0.337 e. The molecule has 5 aromatic carbocycles. The Hall–Kier alpha value is -4.70. The Balaban J connectivity index is 1.75. The predicted octanol–water partition coefficient (Wildman–Crippen LogP) is 5.22. The molecule has 0 amide bonds. The van der Waals surface area contributed by atoms with Crippen LogP contribution in [0.3, 0.4) is 0 Å². The lowest BCUT2D eigenvalue weighted by Crippen LogP contribution is -2.15. The summed E-state index contributed by atoms with van der Waals surface area (Å²) in [6.45, 7) is 0. The van der Waals surface area contributed by atoms with Crippen LogP contribution in [0.1, 0.15) is 31.8 Å². The van der Waals surface area contributed by atoms with Gasteiger partial charge < -0.3 is 9.47 Å². The summed E-state index contributed by atoms with van der Waals surface area (Å²) < 4.78 is 9.64. The van der Waals surface area contributed by atoms with E-state index in [1.807, 2.05) is 48.5 Å². The molecule has 5 rings (SSSR count). The van der Waals surface area contributed by atoms with Crippen LogP contribution < -0.4 is 10.4 Å². The van der Waals surface area contributed by atoms with E-state index in [0.717, 1.165) is 43.1 Å². The molecule has 0 radical (unpaired) electrons. The highest BCUT2D eigenvalue weighted by atomic mass is 16.5. The Morgan fingerprint density at radius 2 is 0.806 bits per heavy atom. The number of rotatable bonds is 4. The minimum absolute atomic E-state index is 0.350. The molecule has 0 saturated heterocycles. The van der Waals surface area contributed by atoms with Crippen molar-refractivity contribution < 1.29 is 19.1 Å². The molecule has 0 aliphatic carbocycles. The van der Waals surface area contributed by atoms with Gasteiger partial charge in [0.05, 0.1) is 25.3 Å². The molecular weight excluding hydrogens is 448 g/mol. The highest BCUT2D eigenvalue weighted by molar-refractivity contribution is 6.01. The van der Waals surface area contributed by atoms with E-state index in [1.165, 1.54) is 14.2 Å². The third-order valence-corrected chi connectivity index (χ3v) is 6.30. The number of methoxy groups -OCH3 is 2. The van der Waals surface area contributed by atoms with Gasteiger partial charge in [-0.3, -0.25) is 0 Å². The van der Waals surface area contributed by atoms with Crippen molar-refractivity contribution in [3.8, 4) is 0 Å². The number of hydrogen-bond donors (Lipinski definition) is 0. The summed E-state index contributed by atoms with van der Waals surface area (Å²) in [5, 5.41) is 6.75. The molecule has 0 heterocycles.